The molecule has 10 nitrogen and oxygen atoms in total. The van der Waals surface area contributed by atoms with E-state index in [2.05, 4.69) is 58.6 Å². The summed E-state index contributed by atoms with van der Waals surface area (Å²) in [4.78, 5) is 23.3. The van der Waals surface area contributed by atoms with Gasteiger partial charge in [0.25, 0.3) is 0 Å². The number of anilines is 1. The molecule has 0 bridgehead atoms. The highest BCUT2D eigenvalue weighted by molar-refractivity contribution is 5.81. The molecule has 4 unspecified atom stereocenters. The second-order valence-corrected chi connectivity index (χ2v) is 11.1. The number of carbonyl (C=O) groups is 1. The first-order valence-electron chi connectivity index (χ1n) is 13.3. The Balaban J connectivity index is 1.26. The van der Waals surface area contributed by atoms with Gasteiger partial charge in [0, 0.05) is 62.1 Å². The van der Waals surface area contributed by atoms with Gasteiger partial charge >= 0.3 is 0 Å². The van der Waals surface area contributed by atoms with Crippen molar-refractivity contribution in [2.75, 3.05) is 31.1 Å². The molecule has 4 N–H and O–H groups in total. The first kappa shape index (κ1) is 23.1. The molecule has 4 fully saturated rings. The highest BCUT2D eigenvalue weighted by atomic mass is 16.2. The average molecular weight is 482 g/mol. The van der Waals surface area contributed by atoms with Gasteiger partial charge in [-0.1, -0.05) is 0 Å². The third-order valence-corrected chi connectivity index (χ3v) is 8.39. The number of nitrogens with one attached hydrogen (secondary N) is 2. The van der Waals surface area contributed by atoms with E-state index in [1.54, 1.807) is 0 Å². The molecule has 6 rings (SSSR count). The molecule has 1 amide bonds. The molecule has 2 aromatic heterocycles. The minimum absolute atomic E-state index is 0.00518. The summed E-state index contributed by atoms with van der Waals surface area (Å²) in [6.07, 6.45) is 7.28. The van der Waals surface area contributed by atoms with Crippen molar-refractivity contribution in [3.05, 3.63) is 23.5 Å². The summed E-state index contributed by atoms with van der Waals surface area (Å²) in [5.74, 6) is 1.14. The van der Waals surface area contributed by atoms with Gasteiger partial charge < -0.3 is 15.5 Å². The molecule has 4 saturated heterocycles. The molecule has 2 aromatic rings. The van der Waals surface area contributed by atoms with Crippen LogP contribution < -0.4 is 21.4 Å². The third-order valence-electron chi connectivity index (χ3n) is 8.39. The van der Waals surface area contributed by atoms with Gasteiger partial charge in [-0.3, -0.25) is 15.5 Å². The Morgan fingerprint density at radius 3 is 2.86 bits per heavy atom. The predicted octanol–water partition coefficient (Wildman–Crippen LogP) is 1.16. The second-order valence-electron chi connectivity index (χ2n) is 11.1. The number of aryl methyl sites for hydroxylation is 1. The largest absolute Gasteiger partial charge is 0.355 e. The number of hydrogen-bond donors (Lipinski definition) is 3. The SMILES string of the molecule is Cc1cn2nc([C@@H]3CCCCN3C(=O)C3CNN4C(C)CC(C)NC34)cc2nc1N1CC[C@H](N)C1. The number of nitrogens with two attached hydrogens (primary N) is 1. The molecule has 6 heterocycles. The number of fused-ring (bicyclic) bond motifs is 2. The Kier molecular flexibility index (Phi) is 5.95. The molecule has 6 atom stereocenters. The lowest BCUT2D eigenvalue weighted by molar-refractivity contribution is -0.141. The van der Waals surface area contributed by atoms with Crippen molar-refractivity contribution in [1.82, 2.24) is 35.2 Å². The van der Waals surface area contributed by atoms with Crippen molar-refractivity contribution in [3.63, 3.8) is 0 Å². The molecule has 0 spiro atoms. The van der Waals surface area contributed by atoms with Crippen molar-refractivity contribution >= 4 is 17.4 Å². The fraction of sp³-hybridized carbons (Fsp3) is 0.720. The number of nitrogens with zero attached hydrogens (tertiary/aromatic N) is 6. The number of hydrazine groups is 1. The molecule has 0 aliphatic carbocycles. The molecule has 0 aromatic carbocycles. The molecule has 190 valence electrons. The molecule has 4 aliphatic rings. The molecular weight excluding hydrogens is 442 g/mol. The van der Waals surface area contributed by atoms with E-state index in [-0.39, 0.29) is 30.1 Å². The monoisotopic (exact) mass is 481 g/mol. The topological polar surface area (TPSA) is 107 Å². The number of piperidine rings is 1. The number of likely N-dealkylation sites (tertiary alicyclic amines) is 1. The summed E-state index contributed by atoms with van der Waals surface area (Å²) < 4.78 is 1.88. The Bertz CT molecular complexity index is 1100. The maximum absolute atomic E-state index is 13.9. The maximum atomic E-state index is 13.9. The van der Waals surface area contributed by atoms with Crippen LogP contribution in [-0.2, 0) is 4.79 Å². The molecule has 0 saturated carbocycles. The van der Waals surface area contributed by atoms with Crippen LogP contribution in [0.3, 0.4) is 0 Å². The first-order chi connectivity index (χ1) is 16.9. The van der Waals surface area contributed by atoms with Gasteiger partial charge in [0.2, 0.25) is 5.91 Å². The standard InChI is InChI=1S/C25H39N9O/c1-15-13-33-22(29-23(15)31-9-7-18(26)14-31)11-20(30-33)21-6-4-5-8-32(21)25(35)19-12-27-34-17(3)10-16(2)28-24(19)34/h11,13,16-19,21,24,27-28H,4-10,12,14,26H2,1-3H3/t16?,17?,18-,19?,21-,24?/m0/s1. The fourth-order valence-corrected chi connectivity index (χ4v) is 6.64. The van der Waals surface area contributed by atoms with Crippen LogP contribution in [0, 0.1) is 12.8 Å². The Morgan fingerprint density at radius 2 is 2.06 bits per heavy atom. The summed E-state index contributed by atoms with van der Waals surface area (Å²) in [5.41, 5.74) is 12.5. The van der Waals surface area contributed by atoms with Gasteiger partial charge in [0.15, 0.2) is 5.65 Å². The lowest BCUT2D eigenvalue weighted by atomic mass is 9.94. The zero-order chi connectivity index (χ0) is 24.3. The van der Waals surface area contributed by atoms with E-state index in [4.69, 9.17) is 15.8 Å². The number of aromatic nitrogens is 3. The highest BCUT2D eigenvalue weighted by Gasteiger charge is 2.46. The summed E-state index contributed by atoms with van der Waals surface area (Å²) >= 11 is 0. The van der Waals surface area contributed by atoms with Gasteiger partial charge in [-0.05, 0) is 52.9 Å². The Labute approximate surface area is 207 Å². The third kappa shape index (κ3) is 4.10. The maximum Gasteiger partial charge on any atom is 0.230 e. The van der Waals surface area contributed by atoms with Crippen molar-refractivity contribution in [2.45, 2.75) is 83.2 Å². The van der Waals surface area contributed by atoms with Crippen LogP contribution in [-0.4, -0.2) is 80.9 Å². The van der Waals surface area contributed by atoms with Gasteiger partial charge in [0.1, 0.15) is 5.82 Å². The quantitative estimate of drug-likeness (QED) is 0.600. The van der Waals surface area contributed by atoms with Crippen LogP contribution in [0.2, 0.25) is 0 Å². The number of carbonyl (C=O) groups excluding carboxylic acids is 1. The molecule has 4 aliphatic heterocycles. The summed E-state index contributed by atoms with van der Waals surface area (Å²) in [7, 11) is 0. The smallest absolute Gasteiger partial charge is 0.230 e. The number of hydrogen-bond acceptors (Lipinski definition) is 8. The zero-order valence-corrected chi connectivity index (χ0v) is 21.2. The lowest BCUT2D eigenvalue weighted by Crippen LogP contribution is -2.61. The molecule has 0 radical (unpaired) electrons. The van der Waals surface area contributed by atoms with Crippen LogP contribution in [0.5, 0.6) is 0 Å². The summed E-state index contributed by atoms with van der Waals surface area (Å²) in [5, 5.41) is 10.8. The molecular formula is C25H39N9O. The van der Waals surface area contributed by atoms with Crippen molar-refractivity contribution in [2.24, 2.45) is 11.7 Å². The lowest BCUT2D eigenvalue weighted by Gasteiger charge is -2.42. The molecule has 35 heavy (non-hydrogen) atoms. The Morgan fingerprint density at radius 1 is 1.20 bits per heavy atom. The van der Waals surface area contributed by atoms with E-state index in [0.717, 1.165) is 74.5 Å². The minimum Gasteiger partial charge on any atom is -0.355 e. The average Bonchev–Trinajstić information content (AvgIpc) is 3.56. The van der Waals surface area contributed by atoms with E-state index in [1.165, 1.54) is 0 Å². The molecule has 10 heteroatoms. The second kappa shape index (κ2) is 8.99. The van der Waals surface area contributed by atoms with E-state index >= 15 is 0 Å². The number of amides is 1. The van der Waals surface area contributed by atoms with Gasteiger partial charge in [-0.2, -0.15) is 5.10 Å². The van der Waals surface area contributed by atoms with Crippen LogP contribution in [0.25, 0.3) is 5.65 Å². The fourth-order valence-electron chi connectivity index (χ4n) is 6.64. The highest BCUT2D eigenvalue weighted by Crippen LogP contribution is 2.35. The van der Waals surface area contributed by atoms with E-state index < -0.39 is 0 Å². The van der Waals surface area contributed by atoms with Crippen LogP contribution >= 0.6 is 0 Å². The van der Waals surface area contributed by atoms with Crippen molar-refractivity contribution < 1.29 is 4.79 Å². The summed E-state index contributed by atoms with van der Waals surface area (Å²) in [6, 6.07) is 3.11. The van der Waals surface area contributed by atoms with Gasteiger partial charge in [-0.25, -0.2) is 14.5 Å². The van der Waals surface area contributed by atoms with Gasteiger partial charge in [0.05, 0.1) is 23.8 Å². The Hall–Kier alpha value is -2.27. The zero-order valence-electron chi connectivity index (χ0n) is 21.2. The van der Waals surface area contributed by atoms with Crippen LogP contribution in [0.15, 0.2) is 12.3 Å². The van der Waals surface area contributed by atoms with Crippen molar-refractivity contribution in [1.29, 1.82) is 0 Å². The van der Waals surface area contributed by atoms with Gasteiger partial charge in [-0.15, -0.1) is 0 Å². The van der Waals surface area contributed by atoms with Crippen molar-refractivity contribution in [3.8, 4) is 0 Å². The summed E-state index contributed by atoms with van der Waals surface area (Å²) in [6.45, 7) is 9.79. The van der Waals surface area contributed by atoms with E-state index in [1.807, 2.05) is 4.52 Å². The first-order valence-corrected chi connectivity index (χ1v) is 13.3. The normalized spacial score (nSPS) is 34.1. The van der Waals surface area contributed by atoms with E-state index in [0.29, 0.717) is 18.6 Å². The minimum atomic E-state index is -0.0934. The predicted molar refractivity (Wildman–Crippen MR) is 135 cm³/mol. The van der Waals surface area contributed by atoms with Crippen LogP contribution in [0.1, 0.15) is 63.3 Å². The van der Waals surface area contributed by atoms with Crippen LogP contribution in [0.4, 0.5) is 5.82 Å². The number of rotatable bonds is 3. The van der Waals surface area contributed by atoms with E-state index in [9.17, 15) is 4.79 Å².